The second-order valence-corrected chi connectivity index (χ2v) is 16.9. The molecule has 0 spiro atoms. The first-order valence-electron chi connectivity index (χ1n) is 12.7. The third-order valence-electron chi connectivity index (χ3n) is 6.74. The van der Waals surface area contributed by atoms with Crippen LogP contribution in [0.4, 0.5) is 4.79 Å². The molecule has 0 saturated carbocycles. The number of nitrogens with one attached hydrogen (secondary N) is 1. The van der Waals surface area contributed by atoms with E-state index in [0.29, 0.717) is 31.4 Å². The van der Waals surface area contributed by atoms with Crippen LogP contribution in [0.5, 0.6) is 5.75 Å². The molecule has 3 atom stereocenters. The van der Waals surface area contributed by atoms with E-state index in [1.165, 1.54) is 15.3 Å². The molecule has 1 aromatic carbocycles. The number of carbonyl (C=O) groups is 1. The lowest BCUT2D eigenvalue weighted by atomic mass is 9.86. The third kappa shape index (κ3) is 7.54. The summed E-state index contributed by atoms with van der Waals surface area (Å²) in [4.78, 5) is 13.9. The molecule has 1 amide bonds. The lowest BCUT2D eigenvalue weighted by Gasteiger charge is -2.37. The number of piperidine rings is 1. The van der Waals surface area contributed by atoms with Crippen LogP contribution in [0.1, 0.15) is 72.4 Å². The Morgan fingerprint density at radius 3 is 2.21 bits per heavy atom. The van der Waals surface area contributed by atoms with Crippen molar-refractivity contribution in [2.45, 2.75) is 82.4 Å². The summed E-state index contributed by atoms with van der Waals surface area (Å²) in [5.74, 6) is -0.177. The van der Waals surface area contributed by atoms with Gasteiger partial charge in [0.1, 0.15) is 11.4 Å². The minimum atomic E-state index is -3.64. The first-order chi connectivity index (χ1) is 17.4. The number of nitrogens with zero attached hydrogens (tertiary/aromatic N) is 2. The highest BCUT2D eigenvalue weighted by molar-refractivity contribution is 7.89. The summed E-state index contributed by atoms with van der Waals surface area (Å²) in [5.41, 5.74) is -0.179. The van der Waals surface area contributed by atoms with E-state index in [1.807, 2.05) is 20.8 Å². The van der Waals surface area contributed by atoms with E-state index < -0.39 is 48.7 Å². The Morgan fingerprint density at radius 2 is 1.66 bits per heavy atom. The summed E-state index contributed by atoms with van der Waals surface area (Å²) in [6, 6.07) is 2.41. The second-order valence-electron chi connectivity index (χ2n) is 11.9. The Hall–Kier alpha value is -1.11. The van der Waals surface area contributed by atoms with E-state index in [9.17, 15) is 22.5 Å². The van der Waals surface area contributed by atoms with E-state index in [-0.39, 0.29) is 41.3 Å². The Kier molecular flexibility index (Phi) is 9.74. The van der Waals surface area contributed by atoms with Gasteiger partial charge >= 0.3 is 6.09 Å². The smallest absolute Gasteiger partial charge is 0.410 e. The molecule has 0 aliphatic carbocycles. The fourth-order valence-electron chi connectivity index (χ4n) is 4.64. The lowest BCUT2D eigenvalue weighted by Crippen LogP contribution is -2.47. The molecule has 2 saturated heterocycles. The number of hydrogen-bond acceptors (Lipinski definition) is 6. The van der Waals surface area contributed by atoms with Gasteiger partial charge in [-0.15, -0.1) is 0 Å². The lowest BCUT2D eigenvalue weighted by molar-refractivity contribution is 0.0295. The standard InChI is InChI=1S/C25H39Cl2N3O6S2/c1-24(2,3)36-23(32)29-10-9-17(15-29)38(34,35)30-11-7-16(8-12-30)22(28-37(33)25(4,5)6)18-13-19(26)20(27)14-21(18)31/h13-14,16-17,22,28,31H,7-12,15H2,1-6H3/t17?,22-,37?/m1/s1. The number of aromatic hydroxyl groups is 1. The summed E-state index contributed by atoms with van der Waals surface area (Å²) in [6.45, 7) is 11.8. The minimum absolute atomic E-state index is 0.0638. The number of carbonyl (C=O) groups excluding carboxylic acids is 1. The normalized spacial score (nSPS) is 21.9. The van der Waals surface area contributed by atoms with E-state index in [4.69, 9.17) is 27.9 Å². The number of hydrogen-bond donors (Lipinski definition) is 2. The van der Waals surface area contributed by atoms with Crippen molar-refractivity contribution in [1.82, 2.24) is 13.9 Å². The molecule has 38 heavy (non-hydrogen) atoms. The van der Waals surface area contributed by atoms with E-state index in [0.717, 1.165) is 0 Å². The molecular formula is C25H39Cl2N3O6S2. The highest BCUT2D eigenvalue weighted by Gasteiger charge is 2.42. The zero-order valence-corrected chi connectivity index (χ0v) is 25.9. The average Bonchev–Trinajstić information content (AvgIpc) is 3.30. The first-order valence-corrected chi connectivity index (χ1v) is 16.1. The quantitative estimate of drug-likeness (QED) is 0.475. The molecule has 0 radical (unpaired) electrons. The van der Waals surface area contributed by atoms with Gasteiger partial charge in [0.05, 0.1) is 37.1 Å². The molecule has 2 heterocycles. The maximum atomic E-state index is 13.4. The van der Waals surface area contributed by atoms with E-state index in [2.05, 4.69) is 4.72 Å². The second kappa shape index (κ2) is 11.8. The summed E-state index contributed by atoms with van der Waals surface area (Å²) in [5, 5.41) is 10.5. The molecule has 0 bridgehead atoms. The van der Waals surface area contributed by atoms with Gasteiger partial charge in [0, 0.05) is 37.8 Å². The van der Waals surface area contributed by atoms with Gasteiger partial charge < -0.3 is 14.7 Å². The number of rotatable bonds is 6. The van der Waals surface area contributed by atoms with Crippen molar-refractivity contribution in [3.8, 4) is 5.75 Å². The van der Waals surface area contributed by atoms with Crippen molar-refractivity contribution in [2.75, 3.05) is 26.2 Å². The van der Waals surface area contributed by atoms with Crippen LogP contribution < -0.4 is 4.72 Å². The predicted octanol–water partition coefficient (Wildman–Crippen LogP) is 4.84. The van der Waals surface area contributed by atoms with Crippen molar-refractivity contribution in [2.24, 2.45) is 5.92 Å². The van der Waals surface area contributed by atoms with Gasteiger partial charge in [-0.25, -0.2) is 26.4 Å². The van der Waals surface area contributed by atoms with Gasteiger partial charge in [0.15, 0.2) is 0 Å². The molecule has 13 heteroatoms. The zero-order valence-electron chi connectivity index (χ0n) is 22.8. The topological polar surface area (TPSA) is 116 Å². The van der Waals surface area contributed by atoms with E-state index in [1.54, 1.807) is 26.8 Å². The molecule has 2 unspecified atom stereocenters. The zero-order chi connectivity index (χ0) is 28.6. The molecule has 9 nitrogen and oxygen atoms in total. The van der Waals surface area contributed by atoms with Crippen molar-refractivity contribution in [3.05, 3.63) is 27.7 Å². The Balaban J connectivity index is 1.73. The minimum Gasteiger partial charge on any atom is -0.508 e. The first kappa shape index (κ1) is 31.4. The number of benzene rings is 1. The molecule has 0 aromatic heterocycles. The Morgan fingerprint density at radius 1 is 1.08 bits per heavy atom. The van der Waals surface area contributed by atoms with Crippen LogP contribution in [0.3, 0.4) is 0 Å². The molecule has 216 valence electrons. The van der Waals surface area contributed by atoms with Crippen molar-refractivity contribution < 1.29 is 27.3 Å². The van der Waals surface area contributed by atoms with Gasteiger partial charge in [-0.3, -0.25) is 0 Å². The fourth-order valence-corrected chi connectivity index (χ4v) is 7.79. The average molecular weight is 613 g/mol. The molecular weight excluding hydrogens is 573 g/mol. The summed E-state index contributed by atoms with van der Waals surface area (Å²) in [6.07, 6.45) is 0.824. The maximum absolute atomic E-state index is 13.4. The number of halogens is 2. The number of likely N-dealkylation sites (tertiary alicyclic amines) is 1. The summed E-state index contributed by atoms with van der Waals surface area (Å²) in [7, 11) is -5.09. The van der Waals surface area contributed by atoms with Gasteiger partial charge in [0.25, 0.3) is 0 Å². The highest BCUT2D eigenvalue weighted by atomic mass is 35.5. The molecule has 2 aliphatic rings. The van der Waals surface area contributed by atoms with Gasteiger partial charge in [-0.05, 0) is 72.8 Å². The largest absolute Gasteiger partial charge is 0.508 e. The van der Waals surface area contributed by atoms with Crippen LogP contribution in [0.2, 0.25) is 10.0 Å². The van der Waals surface area contributed by atoms with Crippen LogP contribution in [-0.2, 0) is 25.7 Å². The van der Waals surface area contributed by atoms with Crippen molar-refractivity contribution in [1.29, 1.82) is 0 Å². The van der Waals surface area contributed by atoms with Crippen LogP contribution in [0.15, 0.2) is 12.1 Å². The Labute approximate surface area is 238 Å². The third-order valence-corrected chi connectivity index (χ3v) is 11.4. The van der Waals surface area contributed by atoms with Crippen LogP contribution in [0.25, 0.3) is 0 Å². The number of phenols is 1. The molecule has 2 aliphatic heterocycles. The summed E-state index contributed by atoms with van der Waals surface area (Å²) < 4.78 is 49.4. The van der Waals surface area contributed by atoms with Crippen LogP contribution in [0, 0.1) is 5.92 Å². The maximum Gasteiger partial charge on any atom is 0.410 e. The van der Waals surface area contributed by atoms with Gasteiger partial charge in [-0.1, -0.05) is 23.2 Å². The molecule has 1 aromatic rings. The monoisotopic (exact) mass is 611 g/mol. The van der Waals surface area contributed by atoms with Crippen molar-refractivity contribution >= 4 is 50.3 Å². The SMILES string of the molecule is CC(C)(C)OC(=O)N1CCC(S(=O)(=O)N2CCC([C@@H](NS(=O)C(C)(C)C)c3cc(Cl)c(Cl)cc3O)CC2)C1. The number of phenolic OH excluding ortho intramolecular Hbond substituents is 1. The number of amides is 1. The highest BCUT2D eigenvalue weighted by Crippen LogP contribution is 2.40. The molecule has 2 N–H and O–H groups in total. The van der Waals surface area contributed by atoms with Crippen LogP contribution >= 0.6 is 23.2 Å². The predicted molar refractivity (Wildman–Crippen MR) is 151 cm³/mol. The molecule has 2 fully saturated rings. The van der Waals surface area contributed by atoms with Gasteiger partial charge in [0.2, 0.25) is 10.0 Å². The Bertz CT molecular complexity index is 1160. The number of sulfonamides is 1. The summed E-state index contributed by atoms with van der Waals surface area (Å²) >= 11 is 12.3. The fraction of sp³-hybridized carbons (Fsp3) is 0.720. The van der Waals surface area contributed by atoms with Crippen molar-refractivity contribution in [3.63, 3.8) is 0 Å². The van der Waals surface area contributed by atoms with Gasteiger partial charge in [-0.2, -0.15) is 0 Å². The molecule has 3 rings (SSSR count). The van der Waals surface area contributed by atoms with E-state index >= 15 is 0 Å². The van der Waals surface area contributed by atoms with Crippen LogP contribution in [-0.4, -0.2) is 74.8 Å². The number of ether oxygens (including phenoxy) is 1.